The Labute approximate surface area is 379 Å². The molecule has 0 amide bonds. The highest BCUT2D eigenvalue weighted by atomic mass is 16.3. The third kappa shape index (κ3) is 6.49. The van der Waals surface area contributed by atoms with Crippen LogP contribution in [0.2, 0.25) is 0 Å². The standard InChI is InChI=1S/C60H55BN2O/c1-58(2,3)41-25-30-45(31-26-41)62-50-33-24-40(38-16-11-10-12-17-38)34-49(50)61-48-32-27-42(59(4,5)6)35-51(48)63(53-37-43(60(7,8)9)36-52(62)57(53)61)44-28-22-39(23-29-44)46-19-15-21-55-56(46)47-18-13-14-20-54(47)64-55/h10-37H,1-9H3. The minimum atomic E-state index is -0.116. The van der Waals surface area contributed by atoms with Crippen LogP contribution in [0.3, 0.4) is 0 Å². The predicted molar refractivity (Wildman–Crippen MR) is 275 cm³/mol. The molecule has 0 fully saturated rings. The smallest absolute Gasteiger partial charge is 0.252 e. The molecule has 2 aliphatic rings. The third-order valence-corrected chi connectivity index (χ3v) is 13.7. The fourth-order valence-electron chi connectivity index (χ4n) is 10.2. The van der Waals surface area contributed by atoms with Gasteiger partial charge in [0.25, 0.3) is 6.71 Å². The Balaban J connectivity index is 1.18. The van der Waals surface area contributed by atoms with E-state index in [9.17, 15) is 0 Å². The first-order valence-corrected chi connectivity index (χ1v) is 22.9. The lowest BCUT2D eigenvalue weighted by molar-refractivity contribution is 0.589. The molecule has 0 unspecified atom stereocenters. The lowest BCUT2D eigenvalue weighted by Gasteiger charge is -2.45. The zero-order valence-corrected chi connectivity index (χ0v) is 38.5. The first-order valence-electron chi connectivity index (χ1n) is 22.9. The molecule has 0 atom stereocenters. The average Bonchev–Trinajstić information content (AvgIpc) is 3.67. The van der Waals surface area contributed by atoms with Crippen LogP contribution >= 0.6 is 0 Å². The van der Waals surface area contributed by atoms with Gasteiger partial charge in [0.2, 0.25) is 0 Å². The van der Waals surface area contributed by atoms with Crippen molar-refractivity contribution in [3.05, 3.63) is 187 Å². The summed E-state index contributed by atoms with van der Waals surface area (Å²) >= 11 is 0. The van der Waals surface area contributed by atoms with E-state index in [0.29, 0.717) is 0 Å². The van der Waals surface area contributed by atoms with Crippen molar-refractivity contribution in [2.75, 3.05) is 9.80 Å². The lowest BCUT2D eigenvalue weighted by atomic mass is 9.33. The van der Waals surface area contributed by atoms with Crippen molar-refractivity contribution in [1.82, 2.24) is 0 Å². The average molecular weight is 831 g/mol. The summed E-state index contributed by atoms with van der Waals surface area (Å²) in [5.74, 6) is 0. The summed E-state index contributed by atoms with van der Waals surface area (Å²) in [4.78, 5) is 5.12. The maximum atomic E-state index is 6.33. The first-order chi connectivity index (χ1) is 30.6. The summed E-state index contributed by atoms with van der Waals surface area (Å²) in [6, 6.07) is 63.6. The van der Waals surface area contributed by atoms with E-state index in [2.05, 4.69) is 236 Å². The Morgan fingerprint density at radius 3 is 1.62 bits per heavy atom. The Bertz CT molecular complexity index is 3270. The number of benzene rings is 8. The van der Waals surface area contributed by atoms with E-state index in [1.165, 1.54) is 78.2 Å². The quantitative estimate of drug-likeness (QED) is 0.165. The van der Waals surface area contributed by atoms with Crippen molar-refractivity contribution >= 4 is 79.2 Å². The van der Waals surface area contributed by atoms with Gasteiger partial charge >= 0.3 is 0 Å². The van der Waals surface area contributed by atoms with Crippen molar-refractivity contribution in [2.45, 2.75) is 78.6 Å². The van der Waals surface area contributed by atoms with Crippen LogP contribution in [0.4, 0.5) is 34.1 Å². The van der Waals surface area contributed by atoms with E-state index < -0.39 is 0 Å². The second-order valence-corrected chi connectivity index (χ2v) is 21.1. The Morgan fingerprint density at radius 1 is 0.391 bits per heavy atom. The van der Waals surface area contributed by atoms with Gasteiger partial charge in [-0.3, -0.25) is 0 Å². The van der Waals surface area contributed by atoms with Crippen LogP contribution in [0.5, 0.6) is 0 Å². The molecule has 3 heterocycles. The molecule has 8 aromatic carbocycles. The van der Waals surface area contributed by atoms with Gasteiger partial charge in [-0.05, 0) is 132 Å². The maximum absolute atomic E-state index is 6.33. The van der Waals surface area contributed by atoms with Crippen LogP contribution in [0.15, 0.2) is 174 Å². The molecule has 2 aliphatic heterocycles. The Morgan fingerprint density at radius 2 is 0.953 bits per heavy atom. The highest BCUT2D eigenvalue weighted by molar-refractivity contribution is 7.00. The monoisotopic (exact) mass is 830 g/mol. The van der Waals surface area contributed by atoms with E-state index in [4.69, 9.17) is 4.42 Å². The van der Waals surface area contributed by atoms with Gasteiger partial charge in [0, 0.05) is 44.9 Å². The zero-order valence-electron chi connectivity index (χ0n) is 38.5. The molecule has 3 nitrogen and oxygen atoms in total. The molecule has 0 bridgehead atoms. The predicted octanol–water partition coefficient (Wildman–Crippen LogP) is 14.9. The molecule has 9 aromatic rings. The molecule has 11 rings (SSSR count). The largest absolute Gasteiger partial charge is 0.456 e. The summed E-state index contributed by atoms with van der Waals surface area (Å²) in [5, 5.41) is 2.30. The molecule has 0 radical (unpaired) electrons. The van der Waals surface area contributed by atoms with Crippen LogP contribution in [0.25, 0.3) is 44.2 Å². The number of para-hydroxylation sites is 1. The molecule has 0 spiro atoms. The van der Waals surface area contributed by atoms with Gasteiger partial charge in [0.05, 0.1) is 0 Å². The minimum Gasteiger partial charge on any atom is -0.456 e. The van der Waals surface area contributed by atoms with Crippen LogP contribution in [-0.4, -0.2) is 6.71 Å². The molecule has 0 saturated carbocycles. The molecule has 0 aliphatic carbocycles. The van der Waals surface area contributed by atoms with Gasteiger partial charge in [0.15, 0.2) is 0 Å². The fourth-order valence-corrected chi connectivity index (χ4v) is 10.2. The minimum absolute atomic E-state index is 0.00861. The number of anilines is 6. The summed E-state index contributed by atoms with van der Waals surface area (Å²) in [6.07, 6.45) is 0. The third-order valence-electron chi connectivity index (χ3n) is 13.7. The number of rotatable bonds is 4. The molecule has 64 heavy (non-hydrogen) atoms. The van der Waals surface area contributed by atoms with E-state index in [1.54, 1.807) is 0 Å². The van der Waals surface area contributed by atoms with E-state index in [0.717, 1.165) is 33.2 Å². The molecular formula is C60H55BN2O. The number of hydrogen-bond acceptors (Lipinski definition) is 3. The highest BCUT2D eigenvalue weighted by Crippen LogP contribution is 2.48. The van der Waals surface area contributed by atoms with Gasteiger partial charge in [-0.1, -0.05) is 172 Å². The van der Waals surface area contributed by atoms with Crippen LogP contribution < -0.4 is 26.2 Å². The lowest BCUT2D eigenvalue weighted by Crippen LogP contribution is -2.61. The van der Waals surface area contributed by atoms with Crippen molar-refractivity contribution in [1.29, 1.82) is 0 Å². The summed E-state index contributed by atoms with van der Waals surface area (Å²) in [6.45, 7) is 20.9. The molecule has 1 aromatic heterocycles. The van der Waals surface area contributed by atoms with Gasteiger partial charge in [-0.2, -0.15) is 0 Å². The van der Waals surface area contributed by atoms with Crippen LogP contribution in [-0.2, 0) is 16.2 Å². The van der Waals surface area contributed by atoms with Gasteiger partial charge in [0.1, 0.15) is 11.2 Å². The van der Waals surface area contributed by atoms with Crippen LogP contribution in [0, 0.1) is 0 Å². The summed E-state index contributed by atoms with van der Waals surface area (Å²) < 4.78 is 6.33. The number of hydrogen-bond donors (Lipinski definition) is 0. The van der Waals surface area contributed by atoms with Crippen LogP contribution in [0.1, 0.15) is 79.0 Å². The number of fused-ring (bicyclic) bond motifs is 7. The summed E-state index contributed by atoms with van der Waals surface area (Å²) in [7, 11) is 0. The topological polar surface area (TPSA) is 19.6 Å². The second kappa shape index (κ2) is 14.4. The summed E-state index contributed by atoms with van der Waals surface area (Å²) in [5.41, 5.74) is 21.6. The Hall–Kier alpha value is -6.78. The van der Waals surface area contributed by atoms with Crippen molar-refractivity contribution in [3.8, 4) is 22.3 Å². The van der Waals surface area contributed by atoms with E-state index in [-0.39, 0.29) is 23.0 Å². The van der Waals surface area contributed by atoms with Crippen molar-refractivity contribution < 1.29 is 4.42 Å². The molecular weight excluding hydrogens is 775 g/mol. The molecule has 0 saturated heterocycles. The molecule has 314 valence electrons. The van der Waals surface area contributed by atoms with Gasteiger partial charge < -0.3 is 14.2 Å². The highest BCUT2D eigenvalue weighted by Gasteiger charge is 2.44. The molecule has 0 N–H and O–H groups in total. The maximum Gasteiger partial charge on any atom is 0.252 e. The van der Waals surface area contributed by atoms with E-state index in [1.807, 2.05) is 6.07 Å². The van der Waals surface area contributed by atoms with Gasteiger partial charge in [-0.25, -0.2) is 0 Å². The first kappa shape index (κ1) is 40.0. The second-order valence-electron chi connectivity index (χ2n) is 21.1. The normalized spacial score (nSPS) is 13.6. The number of nitrogens with zero attached hydrogens (tertiary/aromatic N) is 2. The zero-order chi connectivity index (χ0) is 44.3. The Kier molecular flexibility index (Phi) is 8.99. The SMILES string of the molecule is CC(C)(C)c1ccc(N2c3ccc(-c4ccccc4)cc3B3c4ccc(C(C)(C)C)cc4N(c4ccc(-c5cccc6oc7ccccc7c56)cc4)c4cc(C(C)(C)C)cc2c43)cc1. The number of furan rings is 1. The van der Waals surface area contributed by atoms with Gasteiger partial charge in [-0.15, -0.1) is 0 Å². The fraction of sp³-hybridized carbons (Fsp3) is 0.200. The molecule has 4 heteroatoms. The van der Waals surface area contributed by atoms with Crippen molar-refractivity contribution in [2.24, 2.45) is 0 Å². The van der Waals surface area contributed by atoms with Crippen molar-refractivity contribution in [3.63, 3.8) is 0 Å². The van der Waals surface area contributed by atoms with E-state index >= 15 is 0 Å².